The van der Waals surface area contributed by atoms with Gasteiger partial charge in [0, 0.05) is 33.2 Å². The zero-order chi connectivity index (χ0) is 16.3. The fourth-order valence-electron chi connectivity index (χ4n) is 2.50. The summed E-state index contributed by atoms with van der Waals surface area (Å²) >= 11 is 0. The number of anilines is 1. The van der Waals surface area contributed by atoms with Gasteiger partial charge in [0.2, 0.25) is 5.95 Å². The van der Waals surface area contributed by atoms with Crippen LogP contribution in [0.15, 0.2) is 9.59 Å². The molecule has 0 aliphatic rings. The van der Waals surface area contributed by atoms with E-state index in [0.29, 0.717) is 43.3 Å². The molecule has 0 amide bonds. The van der Waals surface area contributed by atoms with Gasteiger partial charge < -0.3 is 15.6 Å². The van der Waals surface area contributed by atoms with Crippen LogP contribution in [0.1, 0.15) is 26.7 Å². The fraction of sp³-hybridized carbons (Fsp3) is 0.643. The number of hydrogen-bond donors (Lipinski definition) is 2. The van der Waals surface area contributed by atoms with Gasteiger partial charge in [0.05, 0.1) is 0 Å². The molecule has 0 saturated carbocycles. The van der Waals surface area contributed by atoms with E-state index >= 15 is 0 Å². The molecule has 2 rings (SSSR count). The van der Waals surface area contributed by atoms with E-state index in [1.54, 1.807) is 9.13 Å². The lowest BCUT2D eigenvalue weighted by Gasteiger charge is -2.09. The van der Waals surface area contributed by atoms with Gasteiger partial charge >= 0.3 is 5.69 Å². The molecule has 0 aromatic carbocycles. The zero-order valence-electron chi connectivity index (χ0n) is 13.4. The van der Waals surface area contributed by atoms with E-state index in [-0.39, 0.29) is 11.2 Å². The van der Waals surface area contributed by atoms with Crippen molar-refractivity contribution in [1.82, 2.24) is 18.7 Å². The molecule has 0 aliphatic carbocycles. The average molecular weight is 308 g/mol. The highest BCUT2D eigenvalue weighted by molar-refractivity contribution is 5.74. The highest BCUT2D eigenvalue weighted by Crippen LogP contribution is 2.16. The van der Waals surface area contributed by atoms with Crippen LogP contribution in [-0.4, -0.2) is 31.8 Å². The molecule has 0 bridgehead atoms. The Morgan fingerprint density at radius 2 is 1.95 bits per heavy atom. The summed E-state index contributed by atoms with van der Waals surface area (Å²) in [6.45, 7) is 6.16. The van der Waals surface area contributed by atoms with Crippen molar-refractivity contribution in [3.63, 3.8) is 0 Å². The first-order chi connectivity index (χ1) is 10.6. The summed E-state index contributed by atoms with van der Waals surface area (Å²) < 4.78 is 4.54. The number of aryl methyl sites for hydroxylation is 2. The van der Waals surface area contributed by atoms with Crippen LogP contribution in [0.2, 0.25) is 0 Å². The van der Waals surface area contributed by atoms with Crippen LogP contribution in [-0.2, 0) is 20.1 Å². The second-order valence-electron chi connectivity index (χ2n) is 5.22. The minimum absolute atomic E-state index is 0.317. The molecule has 0 spiro atoms. The Kier molecular flexibility index (Phi) is 5.02. The van der Waals surface area contributed by atoms with Gasteiger partial charge in [-0.05, 0) is 13.3 Å². The number of nitrogens with zero attached hydrogens (tertiary/aromatic N) is 4. The first kappa shape index (κ1) is 16.3. The zero-order valence-corrected chi connectivity index (χ0v) is 13.4. The summed E-state index contributed by atoms with van der Waals surface area (Å²) in [7, 11) is 1.51. The lowest BCUT2D eigenvalue weighted by atomic mass is 10.3. The van der Waals surface area contributed by atoms with Crippen LogP contribution >= 0.6 is 0 Å². The Bertz CT molecular complexity index is 770. The number of aromatic nitrogens is 4. The lowest BCUT2D eigenvalue weighted by Crippen LogP contribution is -2.38. The maximum Gasteiger partial charge on any atom is 0.332 e. The van der Waals surface area contributed by atoms with Gasteiger partial charge in [-0.2, -0.15) is 4.98 Å². The second kappa shape index (κ2) is 6.78. The molecule has 2 heterocycles. The fourth-order valence-corrected chi connectivity index (χ4v) is 2.50. The summed E-state index contributed by atoms with van der Waals surface area (Å²) in [6, 6.07) is 0. The predicted octanol–water partition coefficient (Wildman–Crippen LogP) is 0.0873. The van der Waals surface area contributed by atoms with E-state index in [9.17, 15) is 9.59 Å². The number of hydrogen-bond acceptors (Lipinski definition) is 5. The normalized spacial score (nSPS) is 11.3. The largest absolute Gasteiger partial charge is 0.354 e. The smallest absolute Gasteiger partial charge is 0.332 e. The molecule has 2 aromatic rings. The van der Waals surface area contributed by atoms with Crippen molar-refractivity contribution >= 4 is 17.1 Å². The van der Waals surface area contributed by atoms with E-state index in [1.807, 2.05) is 6.92 Å². The number of unbranched alkanes of at least 4 members (excludes halogenated alkanes) is 1. The predicted molar refractivity (Wildman–Crippen MR) is 87.4 cm³/mol. The summed E-state index contributed by atoms with van der Waals surface area (Å²) in [5, 5.41) is 3.12. The first-order valence-corrected chi connectivity index (χ1v) is 7.70. The minimum Gasteiger partial charge on any atom is -0.354 e. The third kappa shape index (κ3) is 2.66. The van der Waals surface area contributed by atoms with Crippen LogP contribution in [0.25, 0.3) is 11.2 Å². The highest BCUT2D eigenvalue weighted by atomic mass is 16.2. The third-order valence-electron chi connectivity index (χ3n) is 3.71. The molecule has 2 aromatic heterocycles. The SMILES string of the molecule is CCCCn1c(=O)n(C)c(=O)c2c1nc(NCCN)n2CC. The van der Waals surface area contributed by atoms with Crippen molar-refractivity contribution in [2.24, 2.45) is 12.8 Å². The molecule has 0 aliphatic heterocycles. The highest BCUT2D eigenvalue weighted by Gasteiger charge is 2.19. The lowest BCUT2D eigenvalue weighted by molar-refractivity contribution is 0.583. The minimum atomic E-state index is -0.322. The number of nitrogens with one attached hydrogen (secondary N) is 1. The Labute approximate surface area is 128 Å². The maximum atomic E-state index is 12.5. The van der Waals surface area contributed by atoms with Gasteiger partial charge in [-0.1, -0.05) is 13.3 Å². The Balaban J connectivity index is 2.76. The Morgan fingerprint density at radius 3 is 2.55 bits per heavy atom. The van der Waals surface area contributed by atoms with Crippen molar-refractivity contribution in [3.05, 3.63) is 20.8 Å². The molecule has 8 nitrogen and oxygen atoms in total. The number of nitrogens with two attached hydrogens (primary N) is 1. The van der Waals surface area contributed by atoms with Crippen molar-refractivity contribution in [3.8, 4) is 0 Å². The molecule has 0 radical (unpaired) electrons. The standard InChI is InChI=1S/C14H24N6O2/c1-4-6-9-20-11-10(12(21)18(3)14(20)22)19(5-2)13(17-11)16-8-7-15/h4-9,15H2,1-3H3,(H,16,17). The third-order valence-corrected chi connectivity index (χ3v) is 3.71. The number of imidazole rings is 1. The van der Waals surface area contributed by atoms with Gasteiger partial charge in [-0.25, -0.2) is 4.79 Å². The van der Waals surface area contributed by atoms with Crippen LogP contribution in [0.4, 0.5) is 5.95 Å². The van der Waals surface area contributed by atoms with Gasteiger partial charge in [-0.15, -0.1) is 0 Å². The van der Waals surface area contributed by atoms with E-state index in [1.165, 1.54) is 7.05 Å². The van der Waals surface area contributed by atoms with Gasteiger partial charge in [0.15, 0.2) is 11.2 Å². The second-order valence-corrected chi connectivity index (χ2v) is 5.22. The number of fused-ring (bicyclic) bond motifs is 1. The summed E-state index contributed by atoms with van der Waals surface area (Å²) in [4.78, 5) is 29.3. The van der Waals surface area contributed by atoms with Crippen molar-refractivity contribution < 1.29 is 0 Å². The molecular weight excluding hydrogens is 284 g/mol. The Hall–Kier alpha value is -2.09. The molecule has 0 unspecified atom stereocenters. The van der Waals surface area contributed by atoms with E-state index < -0.39 is 0 Å². The topological polar surface area (TPSA) is 99.9 Å². The van der Waals surface area contributed by atoms with E-state index in [4.69, 9.17) is 5.73 Å². The van der Waals surface area contributed by atoms with Crippen molar-refractivity contribution in [1.29, 1.82) is 0 Å². The summed E-state index contributed by atoms with van der Waals surface area (Å²) in [5.41, 5.74) is 5.78. The summed E-state index contributed by atoms with van der Waals surface area (Å²) in [5.74, 6) is 0.580. The molecule has 22 heavy (non-hydrogen) atoms. The monoisotopic (exact) mass is 308 g/mol. The average Bonchev–Trinajstić information content (AvgIpc) is 2.89. The van der Waals surface area contributed by atoms with Gasteiger partial charge in [0.25, 0.3) is 5.56 Å². The molecule has 0 saturated heterocycles. The van der Waals surface area contributed by atoms with Crippen molar-refractivity contribution in [2.75, 3.05) is 18.4 Å². The van der Waals surface area contributed by atoms with E-state index in [2.05, 4.69) is 17.2 Å². The van der Waals surface area contributed by atoms with Crippen LogP contribution < -0.4 is 22.3 Å². The van der Waals surface area contributed by atoms with Gasteiger partial charge in [-0.3, -0.25) is 13.9 Å². The van der Waals surface area contributed by atoms with Crippen LogP contribution in [0.3, 0.4) is 0 Å². The molecule has 0 fully saturated rings. The Morgan fingerprint density at radius 1 is 1.23 bits per heavy atom. The maximum absolute atomic E-state index is 12.5. The van der Waals surface area contributed by atoms with Crippen LogP contribution in [0.5, 0.6) is 0 Å². The number of rotatable bonds is 7. The quantitative estimate of drug-likeness (QED) is 0.755. The van der Waals surface area contributed by atoms with Gasteiger partial charge in [0.1, 0.15) is 0 Å². The van der Waals surface area contributed by atoms with E-state index in [0.717, 1.165) is 17.4 Å². The summed E-state index contributed by atoms with van der Waals surface area (Å²) in [6.07, 6.45) is 1.82. The molecule has 122 valence electrons. The molecule has 8 heteroatoms. The first-order valence-electron chi connectivity index (χ1n) is 7.70. The molecule has 0 atom stereocenters. The van der Waals surface area contributed by atoms with Crippen LogP contribution in [0, 0.1) is 0 Å². The van der Waals surface area contributed by atoms with Crippen molar-refractivity contribution in [2.45, 2.75) is 39.8 Å². The molecular formula is C14H24N6O2. The molecule has 3 N–H and O–H groups in total.